The Hall–Kier alpha value is -0.260. The molecule has 0 aromatic carbocycles. The molecular weight excluding hydrogens is 444 g/mol. The molecule has 0 amide bonds. The fourth-order valence-corrected chi connectivity index (χ4v) is 5.84. The van der Waals surface area contributed by atoms with Crippen molar-refractivity contribution in [3.05, 3.63) is 12.7 Å². The molecule has 0 rings (SSSR count). The summed E-state index contributed by atoms with van der Waals surface area (Å²) < 4.78 is 0. The van der Waals surface area contributed by atoms with Crippen LogP contribution in [0, 0.1) is 0 Å². The van der Waals surface area contributed by atoms with Gasteiger partial charge in [-0.2, -0.15) is 0 Å². The Balaban J connectivity index is 3.01. The summed E-state index contributed by atoms with van der Waals surface area (Å²) in [6, 6.07) is 0. The van der Waals surface area contributed by atoms with E-state index >= 15 is 0 Å². The molecule has 0 heteroatoms. The summed E-state index contributed by atoms with van der Waals surface area (Å²) in [7, 11) is 0. The Morgan fingerprint density at radius 3 is 0.595 bits per heavy atom. The Morgan fingerprint density at radius 2 is 0.432 bits per heavy atom. The zero-order chi connectivity index (χ0) is 26.7. The fraction of sp³-hybridized carbons (Fsp3) is 0.946. The molecule has 0 radical (unpaired) electrons. The van der Waals surface area contributed by atoms with Crippen LogP contribution in [0.5, 0.6) is 0 Å². The van der Waals surface area contributed by atoms with Gasteiger partial charge in [0.15, 0.2) is 0 Å². The van der Waals surface area contributed by atoms with Crippen LogP contribution in [0.1, 0.15) is 225 Å². The number of unbranched alkanes of at least 4 members (excludes halogenated alkanes) is 33. The largest absolute Gasteiger partial charge is 0.103 e. The molecule has 0 aliphatic carbocycles. The van der Waals surface area contributed by atoms with Gasteiger partial charge in [0.05, 0.1) is 0 Å². The predicted octanol–water partition coefficient (Wildman–Crippen LogP) is 14.5. The molecule has 37 heavy (non-hydrogen) atoms. The number of hydrogen-bond acceptors (Lipinski definition) is 0. The Morgan fingerprint density at radius 1 is 0.270 bits per heavy atom. The smallest absolute Gasteiger partial charge is 0.0353 e. The van der Waals surface area contributed by atoms with Gasteiger partial charge in [-0.15, -0.1) is 6.58 Å². The Labute approximate surface area is 237 Å². The van der Waals surface area contributed by atoms with Crippen LogP contribution in [0.2, 0.25) is 0 Å². The molecule has 222 valence electrons. The predicted molar refractivity (Wildman–Crippen MR) is 173 cm³/mol. The molecule has 0 saturated carbocycles. The lowest BCUT2D eigenvalue weighted by Crippen LogP contribution is -1.85. The molecule has 0 spiro atoms. The standard InChI is InChI=1S/C37H74/c1-3-5-7-9-11-13-15-17-19-21-23-25-27-29-31-33-35-37-36-34-32-30-28-26-24-22-20-18-16-14-12-10-8-6-4-2/h3H,1,4-37H2,2H3. The van der Waals surface area contributed by atoms with E-state index < -0.39 is 0 Å². The van der Waals surface area contributed by atoms with Gasteiger partial charge in [-0.25, -0.2) is 0 Å². The summed E-state index contributed by atoms with van der Waals surface area (Å²) in [5.74, 6) is 0. The lowest BCUT2D eigenvalue weighted by atomic mass is 10.0. The zero-order valence-corrected chi connectivity index (χ0v) is 26.3. The molecule has 0 atom stereocenters. The van der Waals surface area contributed by atoms with Crippen molar-refractivity contribution >= 4 is 0 Å². The lowest BCUT2D eigenvalue weighted by Gasteiger charge is -2.05. The minimum atomic E-state index is 1.21. The molecule has 0 fully saturated rings. The van der Waals surface area contributed by atoms with E-state index in [1.165, 1.54) is 218 Å². The van der Waals surface area contributed by atoms with Crippen molar-refractivity contribution in [2.24, 2.45) is 0 Å². The molecular formula is C37H74. The van der Waals surface area contributed by atoms with Crippen molar-refractivity contribution in [1.82, 2.24) is 0 Å². The second kappa shape index (κ2) is 35.7. The topological polar surface area (TPSA) is 0 Å². The maximum Gasteiger partial charge on any atom is -0.0353 e. The fourth-order valence-electron chi connectivity index (χ4n) is 5.84. The highest BCUT2D eigenvalue weighted by Gasteiger charge is 1.97. The highest BCUT2D eigenvalue weighted by atomic mass is 14.0. The zero-order valence-electron chi connectivity index (χ0n) is 26.3. The van der Waals surface area contributed by atoms with Gasteiger partial charge in [0.2, 0.25) is 0 Å². The molecule has 0 bridgehead atoms. The van der Waals surface area contributed by atoms with Crippen LogP contribution in [0.3, 0.4) is 0 Å². The maximum atomic E-state index is 3.80. The van der Waals surface area contributed by atoms with E-state index in [9.17, 15) is 0 Å². The van der Waals surface area contributed by atoms with E-state index in [0.29, 0.717) is 0 Å². The maximum absolute atomic E-state index is 3.80. The van der Waals surface area contributed by atoms with E-state index in [1.54, 1.807) is 0 Å². The van der Waals surface area contributed by atoms with Crippen LogP contribution in [-0.4, -0.2) is 0 Å². The summed E-state index contributed by atoms with van der Waals surface area (Å²) in [6.45, 7) is 6.11. The SMILES string of the molecule is C=CCCCCCCCCCCCCCCCCCCCCCCCCCCCCCCCCCCC. The first-order chi connectivity index (χ1) is 18.4. The first-order valence-electron chi connectivity index (χ1n) is 18.0. The second-order valence-corrected chi connectivity index (χ2v) is 12.4. The van der Waals surface area contributed by atoms with E-state index in [-0.39, 0.29) is 0 Å². The van der Waals surface area contributed by atoms with Crippen LogP contribution < -0.4 is 0 Å². The Kier molecular flexibility index (Phi) is 35.5. The van der Waals surface area contributed by atoms with E-state index in [2.05, 4.69) is 19.6 Å². The summed E-state index contributed by atoms with van der Waals surface area (Å²) in [4.78, 5) is 0. The third-order valence-electron chi connectivity index (χ3n) is 8.51. The highest BCUT2D eigenvalue weighted by molar-refractivity contribution is 4.65. The minimum Gasteiger partial charge on any atom is -0.103 e. The molecule has 0 unspecified atom stereocenters. The normalized spacial score (nSPS) is 11.4. The second-order valence-electron chi connectivity index (χ2n) is 12.4. The van der Waals surface area contributed by atoms with Crippen LogP contribution in [-0.2, 0) is 0 Å². The molecule has 0 N–H and O–H groups in total. The number of allylic oxidation sites excluding steroid dienone is 1. The van der Waals surface area contributed by atoms with Gasteiger partial charge < -0.3 is 0 Å². The van der Waals surface area contributed by atoms with Gasteiger partial charge in [0.1, 0.15) is 0 Å². The van der Waals surface area contributed by atoms with E-state index in [0.717, 1.165) is 0 Å². The Bertz CT molecular complexity index is 383. The van der Waals surface area contributed by atoms with E-state index in [4.69, 9.17) is 0 Å². The average molecular weight is 519 g/mol. The van der Waals surface area contributed by atoms with Gasteiger partial charge in [-0.05, 0) is 12.8 Å². The minimum absolute atomic E-state index is 1.21. The first kappa shape index (κ1) is 36.7. The number of rotatable bonds is 34. The summed E-state index contributed by atoms with van der Waals surface area (Å²) in [5, 5.41) is 0. The first-order valence-corrected chi connectivity index (χ1v) is 18.0. The summed E-state index contributed by atoms with van der Waals surface area (Å²) in [5.41, 5.74) is 0. The third kappa shape index (κ3) is 35.7. The monoisotopic (exact) mass is 519 g/mol. The van der Waals surface area contributed by atoms with Gasteiger partial charge >= 0.3 is 0 Å². The summed E-state index contributed by atoms with van der Waals surface area (Å²) in [6.07, 6.45) is 51.9. The lowest BCUT2D eigenvalue weighted by molar-refractivity contribution is 0.511. The van der Waals surface area contributed by atoms with Crippen LogP contribution >= 0.6 is 0 Å². The van der Waals surface area contributed by atoms with Gasteiger partial charge in [0.25, 0.3) is 0 Å². The van der Waals surface area contributed by atoms with E-state index in [1.807, 2.05) is 0 Å². The molecule has 0 nitrogen and oxygen atoms in total. The molecule has 0 aromatic heterocycles. The molecule has 0 saturated heterocycles. The van der Waals surface area contributed by atoms with Gasteiger partial charge in [-0.3, -0.25) is 0 Å². The average Bonchev–Trinajstić information content (AvgIpc) is 2.91. The summed E-state index contributed by atoms with van der Waals surface area (Å²) >= 11 is 0. The van der Waals surface area contributed by atoms with Gasteiger partial charge in [-0.1, -0.05) is 218 Å². The number of hydrogen-bond donors (Lipinski definition) is 0. The molecule has 0 heterocycles. The third-order valence-corrected chi connectivity index (χ3v) is 8.51. The van der Waals surface area contributed by atoms with Crippen molar-refractivity contribution in [3.63, 3.8) is 0 Å². The van der Waals surface area contributed by atoms with Crippen molar-refractivity contribution in [3.8, 4) is 0 Å². The van der Waals surface area contributed by atoms with Crippen LogP contribution in [0.25, 0.3) is 0 Å². The quantitative estimate of drug-likeness (QED) is 0.0586. The van der Waals surface area contributed by atoms with Crippen LogP contribution in [0.4, 0.5) is 0 Å². The van der Waals surface area contributed by atoms with Crippen LogP contribution in [0.15, 0.2) is 12.7 Å². The van der Waals surface area contributed by atoms with Crippen molar-refractivity contribution < 1.29 is 0 Å². The van der Waals surface area contributed by atoms with Crippen molar-refractivity contribution in [2.75, 3.05) is 0 Å². The van der Waals surface area contributed by atoms with Gasteiger partial charge in [0, 0.05) is 0 Å². The molecule has 0 aliphatic heterocycles. The van der Waals surface area contributed by atoms with Crippen molar-refractivity contribution in [1.29, 1.82) is 0 Å². The highest BCUT2D eigenvalue weighted by Crippen LogP contribution is 2.17. The molecule has 0 aliphatic rings. The molecule has 0 aromatic rings. The van der Waals surface area contributed by atoms with Crippen molar-refractivity contribution in [2.45, 2.75) is 225 Å².